The van der Waals surface area contributed by atoms with Crippen LogP contribution in [0.25, 0.3) is 0 Å². The Morgan fingerprint density at radius 2 is 1.93 bits per heavy atom. The fourth-order valence-electron chi connectivity index (χ4n) is 2.85. The number of hydrogen-bond donors (Lipinski definition) is 1. The summed E-state index contributed by atoms with van der Waals surface area (Å²) in [6.45, 7) is 11.5. The molecule has 0 radical (unpaired) electrons. The van der Waals surface area contributed by atoms with Crippen LogP contribution < -0.4 is 5.73 Å². The van der Waals surface area contributed by atoms with E-state index in [0.717, 1.165) is 24.3 Å². The van der Waals surface area contributed by atoms with Gasteiger partial charge in [0.25, 0.3) is 0 Å². The molecule has 0 spiro atoms. The van der Waals surface area contributed by atoms with Crippen LogP contribution >= 0.6 is 0 Å². The Morgan fingerprint density at radius 3 is 2.47 bits per heavy atom. The maximum absolute atomic E-state index is 5.82. The third kappa shape index (κ3) is 4.12. The minimum absolute atomic E-state index is 0.780. The van der Waals surface area contributed by atoms with Crippen LogP contribution in [-0.2, 0) is 0 Å². The first kappa shape index (κ1) is 13.0. The Bertz CT molecular complexity index is 168. The summed E-state index contributed by atoms with van der Waals surface area (Å²) in [4.78, 5) is 2.60. The van der Waals surface area contributed by atoms with Crippen LogP contribution in [0, 0.1) is 17.8 Å². The average molecular weight is 212 g/mol. The van der Waals surface area contributed by atoms with Crippen LogP contribution in [0.4, 0.5) is 0 Å². The smallest absolute Gasteiger partial charge is 0.00128 e. The Balaban J connectivity index is 2.36. The van der Waals surface area contributed by atoms with Crippen molar-refractivity contribution in [2.75, 3.05) is 26.2 Å². The molecule has 0 aromatic rings. The summed E-state index contributed by atoms with van der Waals surface area (Å²) in [6, 6.07) is 0. The van der Waals surface area contributed by atoms with Gasteiger partial charge in [0.05, 0.1) is 0 Å². The van der Waals surface area contributed by atoms with Crippen LogP contribution in [0.3, 0.4) is 0 Å². The van der Waals surface area contributed by atoms with Gasteiger partial charge in [0.15, 0.2) is 0 Å². The first-order valence-electron chi connectivity index (χ1n) is 6.59. The van der Waals surface area contributed by atoms with E-state index in [1.54, 1.807) is 0 Å². The summed E-state index contributed by atoms with van der Waals surface area (Å²) in [6.07, 6.45) is 4.16. The number of hydrogen-bond acceptors (Lipinski definition) is 2. The van der Waals surface area contributed by atoms with E-state index in [4.69, 9.17) is 5.73 Å². The van der Waals surface area contributed by atoms with Crippen molar-refractivity contribution >= 4 is 0 Å². The van der Waals surface area contributed by atoms with Crippen LogP contribution in [0.1, 0.15) is 40.0 Å². The summed E-state index contributed by atoms with van der Waals surface area (Å²) in [5, 5.41) is 0. The second-order valence-corrected chi connectivity index (χ2v) is 5.43. The molecule has 1 saturated carbocycles. The third-order valence-electron chi connectivity index (χ3n) is 3.68. The number of rotatable bonds is 6. The predicted octanol–water partition coefficient (Wildman–Crippen LogP) is 2.34. The molecule has 2 unspecified atom stereocenters. The molecule has 1 fully saturated rings. The van der Waals surface area contributed by atoms with Gasteiger partial charge in [0.1, 0.15) is 0 Å². The minimum atomic E-state index is 0.780. The van der Waals surface area contributed by atoms with Gasteiger partial charge in [-0.3, -0.25) is 0 Å². The Labute approximate surface area is 95.2 Å². The van der Waals surface area contributed by atoms with Crippen molar-refractivity contribution in [3.8, 4) is 0 Å². The number of nitrogens with two attached hydrogens (primary N) is 1. The van der Waals surface area contributed by atoms with E-state index in [1.807, 2.05) is 0 Å². The predicted molar refractivity (Wildman–Crippen MR) is 66.8 cm³/mol. The summed E-state index contributed by atoms with van der Waals surface area (Å²) in [7, 11) is 0. The molecule has 1 aliphatic rings. The zero-order valence-electron chi connectivity index (χ0n) is 10.7. The Morgan fingerprint density at radius 1 is 1.27 bits per heavy atom. The lowest BCUT2D eigenvalue weighted by atomic mass is 9.95. The maximum Gasteiger partial charge on any atom is 0.00128 e. The standard InChI is InChI=1S/C13H28N2/c1-4-15(9-11(2)3)10-13-7-5-6-12(13)8-14/h11-13H,4-10,14H2,1-3H3. The SMILES string of the molecule is CCN(CC(C)C)CC1CCCC1CN. The minimum Gasteiger partial charge on any atom is -0.330 e. The lowest BCUT2D eigenvalue weighted by Crippen LogP contribution is -2.35. The molecule has 90 valence electrons. The van der Waals surface area contributed by atoms with E-state index in [-0.39, 0.29) is 0 Å². The van der Waals surface area contributed by atoms with Crippen molar-refractivity contribution in [2.45, 2.75) is 40.0 Å². The molecular formula is C13H28N2. The van der Waals surface area contributed by atoms with Crippen LogP contribution in [0.15, 0.2) is 0 Å². The molecule has 1 aliphatic carbocycles. The third-order valence-corrected chi connectivity index (χ3v) is 3.68. The van der Waals surface area contributed by atoms with E-state index < -0.39 is 0 Å². The first-order valence-corrected chi connectivity index (χ1v) is 6.59. The molecule has 0 aliphatic heterocycles. The largest absolute Gasteiger partial charge is 0.330 e. The van der Waals surface area contributed by atoms with Crippen molar-refractivity contribution in [1.82, 2.24) is 4.90 Å². The van der Waals surface area contributed by atoms with Gasteiger partial charge in [-0.25, -0.2) is 0 Å². The Kier molecular flexibility index (Phi) is 5.62. The van der Waals surface area contributed by atoms with Gasteiger partial charge >= 0.3 is 0 Å². The normalized spacial score (nSPS) is 26.8. The zero-order chi connectivity index (χ0) is 11.3. The molecule has 0 aromatic carbocycles. The average Bonchev–Trinajstić information content (AvgIpc) is 2.63. The highest BCUT2D eigenvalue weighted by Gasteiger charge is 2.27. The molecule has 2 nitrogen and oxygen atoms in total. The molecule has 0 heterocycles. The van der Waals surface area contributed by atoms with Crippen LogP contribution in [0.5, 0.6) is 0 Å². The molecular weight excluding hydrogens is 184 g/mol. The quantitative estimate of drug-likeness (QED) is 0.732. The maximum atomic E-state index is 5.82. The fraction of sp³-hybridized carbons (Fsp3) is 1.00. The summed E-state index contributed by atoms with van der Waals surface area (Å²) in [5.74, 6) is 2.45. The first-order chi connectivity index (χ1) is 7.17. The van der Waals surface area contributed by atoms with Gasteiger partial charge < -0.3 is 10.6 Å². The van der Waals surface area contributed by atoms with Crippen molar-refractivity contribution in [2.24, 2.45) is 23.5 Å². The lowest BCUT2D eigenvalue weighted by Gasteiger charge is -2.28. The molecule has 0 bridgehead atoms. The summed E-state index contributed by atoms with van der Waals surface area (Å²) in [5.41, 5.74) is 5.82. The molecule has 2 atom stereocenters. The van der Waals surface area contributed by atoms with Crippen LogP contribution in [0.2, 0.25) is 0 Å². The molecule has 15 heavy (non-hydrogen) atoms. The van der Waals surface area contributed by atoms with Gasteiger partial charge in [0.2, 0.25) is 0 Å². The molecule has 0 saturated heterocycles. The van der Waals surface area contributed by atoms with E-state index in [1.165, 1.54) is 38.9 Å². The highest BCUT2D eigenvalue weighted by molar-refractivity contribution is 4.80. The number of nitrogens with zero attached hydrogens (tertiary/aromatic N) is 1. The van der Waals surface area contributed by atoms with Crippen molar-refractivity contribution in [3.63, 3.8) is 0 Å². The van der Waals surface area contributed by atoms with Gasteiger partial charge in [-0.2, -0.15) is 0 Å². The second kappa shape index (κ2) is 6.49. The van der Waals surface area contributed by atoms with Gasteiger partial charge in [-0.05, 0) is 43.7 Å². The summed E-state index contributed by atoms with van der Waals surface area (Å²) >= 11 is 0. The van der Waals surface area contributed by atoms with E-state index >= 15 is 0 Å². The van der Waals surface area contributed by atoms with E-state index in [2.05, 4.69) is 25.7 Å². The van der Waals surface area contributed by atoms with E-state index in [0.29, 0.717) is 0 Å². The van der Waals surface area contributed by atoms with Gasteiger partial charge in [-0.1, -0.05) is 27.2 Å². The summed E-state index contributed by atoms with van der Waals surface area (Å²) < 4.78 is 0. The fourth-order valence-corrected chi connectivity index (χ4v) is 2.85. The highest BCUT2D eigenvalue weighted by Crippen LogP contribution is 2.31. The van der Waals surface area contributed by atoms with E-state index in [9.17, 15) is 0 Å². The molecule has 0 amide bonds. The van der Waals surface area contributed by atoms with Crippen molar-refractivity contribution in [1.29, 1.82) is 0 Å². The monoisotopic (exact) mass is 212 g/mol. The lowest BCUT2D eigenvalue weighted by molar-refractivity contribution is 0.196. The molecule has 1 rings (SSSR count). The highest BCUT2D eigenvalue weighted by atomic mass is 15.1. The van der Waals surface area contributed by atoms with Gasteiger partial charge in [-0.15, -0.1) is 0 Å². The zero-order valence-corrected chi connectivity index (χ0v) is 10.7. The van der Waals surface area contributed by atoms with Gasteiger partial charge in [0, 0.05) is 13.1 Å². The molecule has 2 N–H and O–H groups in total. The Hall–Kier alpha value is -0.0800. The van der Waals surface area contributed by atoms with Crippen LogP contribution in [-0.4, -0.2) is 31.1 Å². The molecule has 2 heteroatoms. The molecule has 0 aromatic heterocycles. The topological polar surface area (TPSA) is 29.3 Å². The van der Waals surface area contributed by atoms with Crippen molar-refractivity contribution < 1.29 is 0 Å². The van der Waals surface area contributed by atoms with Crippen molar-refractivity contribution in [3.05, 3.63) is 0 Å². The second-order valence-electron chi connectivity index (χ2n) is 5.43.